The normalized spacial score (nSPS) is 17.7. The summed E-state index contributed by atoms with van der Waals surface area (Å²) in [5.74, 6) is -1.35. The summed E-state index contributed by atoms with van der Waals surface area (Å²) in [4.78, 5) is 52.2. The second-order valence-electron chi connectivity index (χ2n) is 7.29. The molecule has 29 heavy (non-hydrogen) atoms. The van der Waals surface area contributed by atoms with Gasteiger partial charge in [0, 0.05) is 4.88 Å². The van der Waals surface area contributed by atoms with E-state index in [0.29, 0.717) is 23.4 Å². The van der Waals surface area contributed by atoms with E-state index >= 15 is 0 Å². The summed E-state index contributed by atoms with van der Waals surface area (Å²) in [5, 5.41) is 5.89. The number of imide groups is 1. The lowest BCUT2D eigenvalue weighted by Crippen LogP contribution is -2.46. The van der Waals surface area contributed by atoms with Crippen LogP contribution in [0.25, 0.3) is 0 Å². The number of ether oxygens (including phenoxy) is 1. The zero-order valence-electron chi connectivity index (χ0n) is 17.1. The monoisotopic (exact) mass is 421 g/mol. The fraction of sp³-hybridized carbons (Fsp3) is 0.600. The van der Waals surface area contributed by atoms with E-state index < -0.39 is 35.9 Å². The van der Waals surface area contributed by atoms with E-state index in [2.05, 4.69) is 10.6 Å². The van der Waals surface area contributed by atoms with E-state index in [4.69, 9.17) is 4.74 Å². The zero-order chi connectivity index (χ0) is 21.2. The molecule has 0 bridgehead atoms. The van der Waals surface area contributed by atoms with Crippen LogP contribution in [-0.4, -0.2) is 47.4 Å². The molecular weight excluding hydrogens is 394 g/mol. The van der Waals surface area contributed by atoms with Crippen LogP contribution in [0.2, 0.25) is 0 Å². The summed E-state index contributed by atoms with van der Waals surface area (Å²) in [5.41, 5.74) is 0.407. The van der Waals surface area contributed by atoms with Crippen molar-refractivity contribution in [3.63, 3.8) is 0 Å². The van der Waals surface area contributed by atoms with Crippen LogP contribution < -0.4 is 10.6 Å². The van der Waals surface area contributed by atoms with Crippen molar-refractivity contribution in [3.8, 4) is 0 Å². The molecule has 4 amide bonds. The number of carbonyl (C=O) groups excluding carboxylic acids is 4. The molecule has 9 heteroatoms. The van der Waals surface area contributed by atoms with Crippen molar-refractivity contribution in [2.75, 3.05) is 18.5 Å². The molecule has 1 aliphatic heterocycles. The minimum atomic E-state index is -0.949. The van der Waals surface area contributed by atoms with Crippen LogP contribution in [0.3, 0.4) is 0 Å². The number of nitrogens with one attached hydrogen (secondary N) is 2. The van der Waals surface area contributed by atoms with Crippen molar-refractivity contribution in [2.45, 2.75) is 64.8 Å². The van der Waals surface area contributed by atoms with Crippen LogP contribution in [0, 0.1) is 0 Å². The third-order valence-electron chi connectivity index (χ3n) is 5.66. The standard InChI is InChI=1S/C20H27N3O5S/c1-4-20(5-2)18(26)23(19(27)22-20)11-14(24)21-16-15(17(25)28-6-3)12-9-7-8-10-13(12)29-16/h4-11H2,1-3H3,(H,21,24)(H,22,27). The fourth-order valence-corrected chi connectivity index (χ4v) is 5.23. The Hall–Kier alpha value is -2.42. The van der Waals surface area contributed by atoms with Crippen molar-refractivity contribution in [2.24, 2.45) is 0 Å². The smallest absolute Gasteiger partial charge is 0.341 e. The Kier molecular flexibility index (Phi) is 6.26. The van der Waals surface area contributed by atoms with Gasteiger partial charge in [-0.15, -0.1) is 11.3 Å². The van der Waals surface area contributed by atoms with Gasteiger partial charge in [0.25, 0.3) is 5.91 Å². The summed E-state index contributed by atoms with van der Waals surface area (Å²) >= 11 is 1.38. The average Bonchev–Trinajstić information content (AvgIpc) is 3.18. The van der Waals surface area contributed by atoms with Gasteiger partial charge in [0.2, 0.25) is 5.91 Å². The Morgan fingerprint density at radius 2 is 1.86 bits per heavy atom. The molecule has 0 unspecified atom stereocenters. The lowest BCUT2D eigenvalue weighted by molar-refractivity contribution is -0.134. The van der Waals surface area contributed by atoms with Crippen molar-refractivity contribution < 1.29 is 23.9 Å². The molecule has 1 aromatic heterocycles. The molecule has 0 atom stereocenters. The Balaban J connectivity index is 1.79. The first-order valence-electron chi connectivity index (χ1n) is 10.1. The SMILES string of the molecule is CCOC(=O)c1c(NC(=O)CN2C(=O)NC(CC)(CC)C2=O)sc2c1CCCC2. The highest BCUT2D eigenvalue weighted by atomic mass is 32.1. The summed E-state index contributed by atoms with van der Waals surface area (Å²) in [7, 11) is 0. The first kappa shape index (κ1) is 21.3. The van der Waals surface area contributed by atoms with Crippen LogP contribution >= 0.6 is 11.3 Å². The van der Waals surface area contributed by atoms with Crippen LogP contribution in [0.4, 0.5) is 9.80 Å². The van der Waals surface area contributed by atoms with Crippen molar-refractivity contribution in [3.05, 3.63) is 16.0 Å². The second-order valence-corrected chi connectivity index (χ2v) is 8.40. The number of anilines is 1. The summed E-state index contributed by atoms with van der Waals surface area (Å²) < 4.78 is 5.19. The minimum Gasteiger partial charge on any atom is -0.462 e. The van der Waals surface area contributed by atoms with Gasteiger partial charge in [0.05, 0.1) is 12.2 Å². The van der Waals surface area contributed by atoms with Gasteiger partial charge in [-0.05, 0) is 51.0 Å². The van der Waals surface area contributed by atoms with E-state index in [1.165, 1.54) is 11.3 Å². The number of hydrogen-bond acceptors (Lipinski definition) is 6. The van der Waals surface area contributed by atoms with E-state index in [1.807, 2.05) is 13.8 Å². The Bertz CT molecular complexity index is 843. The molecular formula is C20H27N3O5S. The average molecular weight is 422 g/mol. The number of fused-ring (bicyclic) bond motifs is 1. The van der Waals surface area contributed by atoms with Crippen LogP contribution in [0.5, 0.6) is 0 Å². The lowest BCUT2D eigenvalue weighted by atomic mass is 9.93. The maximum atomic E-state index is 12.7. The minimum absolute atomic E-state index is 0.245. The van der Waals surface area contributed by atoms with Crippen LogP contribution in [0.1, 0.15) is 67.3 Å². The zero-order valence-corrected chi connectivity index (χ0v) is 17.9. The Labute approximate surface area is 174 Å². The van der Waals surface area contributed by atoms with Crippen molar-refractivity contribution in [1.29, 1.82) is 0 Å². The molecule has 1 aromatic rings. The Morgan fingerprint density at radius 1 is 1.17 bits per heavy atom. The molecule has 2 aliphatic rings. The number of aryl methyl sites for hydroxylation is 1. The molecule has 158 valence electrons. The molecule has 2 heterocycles. The fourth-order valence-electron chi connectivity index (χ4n) is 3.93. The molecule has 2 N–H and O–H groups in total. The van der Waals surface area contributed by atoms with Crippen molar-refractivity contribution >= 4 is 40.2 Å². The molecule has 3 rings (SSSR count). The molecule has 1 saturated heterocycles. The van der Waals surface area contributed by atoms with Crippen molar-refractivity contribution in [1.82, 2.24) is 10.2 Å². The first-order valence-corrected chi connectivity index (χ1v) is 10.9. The molecule has 1 fully saturated rings. The summed E-state index contributed by atoms with van der Waals surface area (Å²) in [6.07, 6.45) is 4.58. The maximum Gasteiger partial charge on any atom is 0.341 e. The number of urea groups is 1. The number of hydrogen-bond donors (Lipinski definition) is 2. The molecule has 0 spiro atoms. The molecule has 0 aromatic carbocycles. The first-order chi connectivity index (χ1) is 13.9. The molecule has 1 aliphatic carbocycles. The second kappa shape index (κ2) is 8.52. The molecule has 0 saturated carbocycles. The lowest BCUT2D eigenvalue weighted by Gasteiger charge is -2.22. The van der Waals surface area contributed by atoms with Gasteiger partial charge >= 0.3 is 12.0 Å². The topological polar surface area (TPSA) is 105 Å². The summed E-state index contributed by atoms with van der Waals surface area (Å²) in [6.45, 7) is 5.24. The largest absolute Gasteiger partial charge is 0.462 e. The van der Waals surface area contributed by atoms with Gasteiger partial charge in [-0.3, -0.25) is 14.5 Å². The number of rotatable bonds is 7. The number of amides is 4. The predicted molar refractivity (Wildman–Crippen MR) is 109 cm³/mol. The van der Waals surface area contributed by atoms with Gasteiger partial charge in [-0.25, -0.2) is 9.59 Å². The van der Waals surface area contributed by atoms with Gasteiger partial charge in [-0.2, -0.15) is 0 Å². The quantitative estimate of drug-likeness (QED) is 0.520. The number of nitrogens with zero attached hydrogens (tertiary/aromatic N) is 1. The maximum absolute atomic E-state index is 12.7. The van der Waals surface area contributed by atoms with E-state index in [0.717, 1.165) is 41.0 Å². The molecule has 0 radical (unpaired) electrons. The third kappa shape index (κ3) is 3.88. The summed E-state index contributed by atoms with van der Waals surface area (Å²) in [6, 6.07) is -0.565. The number of thiophene rings is 1. The van der Waals surface area contributed by atoms with E-state index in [-0.39, 0.29) is 6.61 Å². The number of esters is 1. The van der Waals surface area contributed by atoms with Gasteiger partial charge in [0.15, 0.2) is 0 Å². The Morgan fingerprint density at radius 3 is 2.48 bits per heavy atom. The van der Waals surface area contributed by atoms with E-state index in [9.17, 15) is 19.2 Å². The molecule has 8 nitrogen and oxygen atoms in total. The van der Waals surface area contributed by atoms with Gasteiger partial charge in [0.1, 0.15) is 17.1 Å². The highest BCUT2D eigenvalue weighted by Gasteiger charge is 2.49. The number of carbonyl (C=O) groups is 4. The highest BCUT2D eigenvalue weighted by molar-refractivity contribution is 7.17. The van der Waals surface area contributed by atoms with Crippen LogP contribution in [-0.2, 0) is 27.2 Å². The van der Waals surface area contributed by atoms with Crippen LogP contribution in [0.15, 0.2) is 0 Å². The highest BCUT2D eigenvalue weighted by Crippen LogP contribution is 2.38. The van der Waals surface area contributed by atoms with E-state index in [1.54, 1.807) is 6.92 Å². The van der Waals surface area contributed by atoms with Gasteiger partial charge < -0.3 is 15.4 Å². The third-order valence-corrected chi connectivity index (χ3v) is 6.87. The predicted octanol–water partition coefficient (Wildman–Crippen LogP) is 2.85. The van der Waals surface area contributed by atoms with Gasteiger partial charge in [-0.1, -0.05) is 13.8 Å².